The normalized spacial score (nSPS) is 20.9. The van der Waals surface area contributed by atoms with Gasteiger partial charge in [-0.3, -0.25) is 14.4 Å². The molecule has 6 heteroatoms. The van der Waals surface area contributed by atoms with Crippen LogP contribution in [0.15, 0.2) is 24.3 Å². The number of carbonyl (C=O) groups is 3. The minimum atomic E-state index is -0.859. The van der Waals surface area contributed by atoms with E-state index in [4.69, 9.17) is 16.3 Å². The van der Waals surface area contributed by atoms with Crippen molar-refractivity contribution in [2.45, 2.75) is 64.5 Å². The number of esters is 1. The number of amides is 1. The molecule has 0 aromatic heterocycles. The molecule has 0 heterocycles. The first-order chi connectivity index (χ1) is 12.4. The number of rotatable bonds is 7. The van der Waals surface area contributed by atoms with Crippen LogP contribution in [0, 0.1) is 5.92 Å². The highest BCUT2D eigenvalue weighted by molar-refractivity contribution is 6.30. The number of hydrogen-bond donors (Lipinski definition) is 1. The lowest BCUT2D eigenvalue weighted by molar-refractivity contribution is -0.155. The topological polar surface area (TPSA) is 72.5 Å². The molecule has 1 aliphatic rings. The molecule has 3 atom stereocenters. The second-order valence-electron chi connectivity index (χ2n) is 6.94. The van der Waals surface area contributed by atoms with Crippen LogP contribution >= 0.6 is 11.6 Å². The van der Waals surface area contributed by atoms with Gasteiger partial charge in [0.25, 0.3) is 5.91 Å². The first-order valence-corrected chi connectivity index (χ1v) is 9.53. The Kier molecular flexibility index (Phi) is 7.64. The molecule has 0 spiro atoms. The number of hydrogen-bond acceptors (Lipinski definition) is 4. The Morgan fingerprint density at radius 1 is 1.15 bits per heavy atom. The van der Waals surface area contributed by atoms with Crippen molar-refractivity contribution in [3.05, 3.63) is 34.9 Å². The highest BCUT2D eigenvalue weighted by atomic mass is 35.5. The maximum Gasteiger partial charge on any atom is 0.307 e. The van der Waals surface area contributed by atoms with Crippen LogP contribution in [0.4, 0.5) is 0 Å². The molecule has 1 aliphatic carbocycles. The van der Waals surface area contributed by atoms with Gasteiger partial charge >= 0.3 is 5.97 Å². The third kappa shape index (κ3) is 6.13. The van der Waals surface area contributed by atoms with Crippen molar-refractivity contribution in [3.63, 3.8) is 0 Å². The van der Waals surface area contributed by atoms with Crippen LogP contribution in [-0.4, -0.2) is 29.8 Å². The number of nitrogens with one attached hydrogen (secondary N) is 1. The summed E-state index contributed by atoms with van der Waals surface area (Å²) in [6, 6.07) is 6.65. The predicted octanol–water partition coefficient (Wildman–Crippen LogP) is 3.93. The van der Waals surface area contributed by atoms with Crippen LogP contribution in [0.25, 0.3) is 0 Å². The van der Waals surface area contributed by atoms with E-state index in [2.05, 4.69) is 12.2 Å². The Labute approximate surface area is 159 Å². The molecule has 2 rings (SSSR count). The molecule has 1 aromatic carbocycles. The molecule has 1 aromatic rings. The predicted molar refractivity (Wildman–Crippen MR) is 100 cm³/mol. The van der Waals surface area contributed by atoms with Crippen molar-refractivity contribution in [3.8, 4) is 0 Å². The number of ketones is 1. The number of halogens is 1. The fourth-order valence-corrected chi connectivity index (χ4v) is 3.26. The standard InChI is InChI=1S/C20H26ClNO4/c1-13-5-3-4-6-17(13)22-20(25)14(2)26-19(24)12-11-18(23)15-7-9-16(21)10-8-15/h7-10,13-14,17H,3-6,11-12H2,1-2H3,(H,22,25)/t13-,14+,17+/m0/s1. The lowest BCUT2D eigenvalue weighted by atomic mass is 9.86. The monoisotopic (exact) mass is 379 g/mol. The van der Waals surface area contributed by atoms with Crippen molar-refractivity contribution in [1.82, 2.24) is 5.32 Å². The minimum Gasteiger partial charge on any atom is -0.453 e. The van der Waals surface area contributed by atoms with E-state index in [0.29, 0.717) is 16.5 Å². The Balaban J connectivity index is 1.74. The summed E-state index contributed by atoms with van der Waals surface area (Å²) in [7, 11) is 0. The second kappa shape index (κ2) is 9.72. The summed E-state index contributed by atoms with van der Waals surface area (Å²) in [6.45, 7) is 3.69. The van der Waals surface area contributed by atoms with Crippen LogP contribution in [0.1, 0.15) is 62.7 Å². The van der Waals surface area contributed by atoms with E-state index in [1.54, 1.807) is 31.2 Å². The van der Waals surface area contributed by atoms with Crippen molar-refractivity contribution in [1.29, 1.82) is 0 Å². The van der Waals surface area contributed by atoms with Gasteiger partial charge in [-0.05, 0) is 49.9 Å². The zero-order valence-electron chi connectivity index (χ0n) is 15.3. The van der Waals surface area contributed by atoms with Gasteiger partial charge < -0.3 is 10.1 Å². The molecule has 0 bridgehead atoms. The number of benzene rings is 1. The van der Waals surface area contributed by atoms with E-state index in [1.165, 1.54) is 6.42 Å². The first-order valence-electron chi connectivity index (χ1n) is 9.15. The molecule has 142 valence electrons. The largest absolute Gasteiger partial charge is 0.453 e. The summed E-state index contributed by atoms with van der Waals surface area (Å²) in [5.74, 6) is -0.549. The van der Waals surface area contributed by atoms with E-state index in [9.17, 15) is 14.4 Å². The van der Waals surface area contributed by atoms with Crippen LogP contribution in [-0.2, 0) is 14.3 Å². The van der Waals surface area contributed by atoms with Crippen LogP contribution in [0.5, 0.6) is 0 Å². The van der Waals surface area contributed by atoms with E-state index >= 15 is 0 Å². The van der Waals surface area contributed by atoms with E-state index in [0.717, 1.165) is 19.3 Å². The maximum atomic E-state index is 12.2. The Bertz CT molecular complexity index is 644. The van der Waals surface area contributed by atoms with E-state index in [-0.39, 0.29) is 30.6 Å². The molecular formula is C20H26ClNO4. The fraction of sp³-hybridized carbons (Fsp3) is 0.550. The Morgan fingerprint density at radius 3 is 2.46 bits per heavy atom. The summed E-state index contributed by atoms with van der Waals surface area (Å²) in [5.41, 5.74) is 0.499. The van der Waals surface area contributed by atoms with Gasteiger partial charge in [-0.25, -0.2) is 0 Å². The minimum absolute atomic E-state index is 0.0362. The third-order valence-electron chi connectivity index (χ3n) is 4.84. The van der Waals surface area contributed by atoms with Gasteiger partial charge in [0.2, 0.25) is 0 Å². The van der Waals surface area contributed by atoms with Crippen molar-refractivity contribution in [2.24, 2.45) is 5.92 Å². The van der Waals surface area contributed by atoms with Crippen LogP contribution in [0.2, 0.25) is 5.02 Å². The molecule has 26 heavy (non-hydrogen) atoms. The summed E-state index contributed by atoms with van der Waals surface area (Å²) >= 11 is 5.79. The Hall–Kier alpha value is -1.88. The van der Waals surface area contributed by atoms with Gasteiger partial charge in [-0.1, -0.05) is 31.4 Å². The number of carbonyl (C=O) groups excluding carboxylic acids is 3. The lowest BCUT2D eigenvalue weighted by Crippen LogP contribution is -2.46. The summed E-state index contributed by atoms with van der Waals surface area (Å²) in [6.07, 6.45) is 3.49. The second-order valence-corrected chi connectivity index (χ2v) is 7.38. The van der Waals surface area contributed by atoms with Gasteiger partial charge in [0.15, 0.2) is 11.9 Å². The average molecular weight is 380 g/mol. The van der Waals surface area contributed by atoms with Gasteiger partial charge in [-0.15, -0.1) is 0 Å². The molecule has 1 N–H and O–H groups in total. The first kappa shape index (κ1) is 20.4. The Morgan fingerprint density at radius 2 is 1.81 bits per heavy atom. The molecule has 0 unspecified atom stereocenters. The van der Waals surface area contributed by atoms with Gasteiger partial charge in [0.1, 0.15) is 0 Å². The molecule has 0 saturated heterocycles. The molecule has 0 aliphatic heterocycles. The zero-order valence-corrected chi connectivity index (χ0v) is 16.1. The number of ether oxygens (including phenoxy) is 1. The summed E-state index contributed by atoms with van der Waals surface area (Å²) < 4.78 is 5.17. The molecule has 0 radical (unpaired) electrons. The lowest BCUT2D eigenvalue weighted by Gasteiger charge is -2.30. The molecular weight excluding hydrogens is 354 g/mol. The average Bonchev–Trinajstić information content (AvgIpc) is 2.62. The molecule has 1 amide bonds. The number of Topliss-reactive ketones (excluding diaryl/α,β-unsaturated/α-hetero) is 1. The quantitative estimate of drug-likeness (QED) is 0.575. The van der Waals surface area contributed by atoms with Gasteiger partial charge in [-0.2, -0.15) is 0 Å². The smallest absolute Gasteiger partial charge is 0.307 e. The zero-order chi connectivity index (χ0) is 19.1. The fourth-order valence-electron chi connectivity index (χ4n) is 3.14. The highest BCUT2D eigenvalue weighted by Gasteiger charge is 2.26. The van der Waals surface area contributed by atoms with Crippen LogP contribution in [0.3, 0.4) is 0 Å². The van der Waals surface area contributed by atoms with Gasteiger partial charge in [0.05, 0.1) is 6.42 Å². The third-order valence-corrected chi connectivity index (χ3v) is 5.09. The van der Waals surface area contributed by atoms with Crippen molar-refractivity contribution >= 4 is 29.3 Å². The highest BCUT2D eigenvalue weighted by Crippen LogP contribution is 2.23. The van der Waals surface area contributed by atoms with Gasteiger partial charge in [0, 0.05) is 23.0 Å². The van der Waals surface area contributed by atoms with E-state index < -0.39 is 12.1 Å². The van der Waals surface area contributed by atoms with Crippen LogP contribution < -0.4 is 5.32 Å². The van der Waals surface area contributed by atoms with Crippen molar-refractivity contribution in [2.75, 3.05) is 0 Å². The summed E-state index contributed by atoms with van der Waals surface area (Å²) in [4.78, 5) is 36.2. The molecule has 5 nitrogen and oxygen atoms in total. The summed E-state index contributed by atoms with van der Waals surface area (Å²) in [5, 5.41) is 3.52. The maximum absolute atomic E-state index is 12.2. The molecule has 1 fully saturated rings. The van der Waals surface area contributed by atoms with Crippen molar-refractivity contribution < 1.29 is 19.1 Å². The van der Waals surface area contributed by atoms with E-state index in [1.807, 2.05) is 0 Å². The SMILES string of the molecule is C[C@@H](OC(=O)CCC(=O)c1ccc(Cl)cc1)C(=O)N[C@@H]1CCCC[C@@H]1C. The molecule has 1 saturated carbocycles.